The van der Waals surface area contributed by atoms with E-state index < -0.39 is 15.7 Å². The number of hydrogen-bond acceptors (Lipinski definition) is 5. The smallest absolute Gasteiger partial charge is 0.277 e. The summed E-state index contributed by atoms with van der Waals surface area (Å²) in [5, 5.41) is 1.94. The van der Waals surface area contributed by atoms with Crippen LogP contribution in [0.3, 0.4) is 0 Å². The van der Waals surface area contributed by atoms with Gasteiger partial charge < -0.3 is 5.73 Å². The van der Waals surface area contributed by atoms with Gasteiger partial charge in [-0.05, 0) is 12.1 Å². The van der Waals surface area contributed by atoms with Crippen LogP contribution in [-0.4, -0.2) is 25.6 Å². The van der Waals surface area contributed by atoms with Crippen LogP contribution in [0.1, 0.15) is 9.80 Å². The molecule has 0 saturated heterocycles. The van der Waals surface area contributed by atoms with Crippen molar-refractivity contribution in [3.05, 3.63) is 34.7 Å². The number of sulfone groups is 1. The Morgan fingerprint density at radius 2 is 1.89 bits per heavy atom. The number of nitrogens with two attached hydrogens (primary N) is 1. The molecule has 0 fully saturated rings. The Hall–Kier alpha value is -1.73. The van der Waals surface area contributed by atoms with E-state index in [0.29, 0.717) is 5.69 Å². The molecule has 1 aromatic carbocycles. The lowest BCUT2D eigenvalue weighted by Crippen LogP contribution is -2.10. The van der Waals surface area contributed by atoms with E-state index in [1.165, 1.54) is 12.1 Å². The first kappa shape index (κ1) is 12.7. The monoisotopic (exact) mass is 282 g/mol. The van der Waals surface area contributed by atoms with Gasteiger partial charge in [-0.2, -0.15) is 0 Å². The predicted octanol–water partition coefficient (Wildman–Crippen LogP) is 1.31. The molecule has 2 aromatic rings. The molecule has 0 aliphatic heterocycles. The van der Waals surface area contributed by atoms with Gasteiger partial charge in [-0.1, -0.05) is 12.1 Å². The maximum absolute atomic E-state index is 11.3. The number of primary amides is 1. The molecule has 7 heteroatoms. The van der Waals surface area contributed by atoms with Gasteiger partial charge in [0, 0.05) is 17.2 Å². The van der Waals surface area contributed by atoms with Crippen LogP contribution in [0.5, 0.6) is 0 Å². The molecule has 0 bridgehead atoms. The minimum atomic E-state index is -3.20. The Bertz CT molecular complexity index is 687. The average molecular weight is 282 g/mol. The molecule has 0 spiro atoms. The normalized spacial score (nSPS) is 11.4. The molecule has 0 aliphatic carbocycles. The summed E-state index contributed by atoms with van der Waals surface area (Å²) in [5.41, 5.74) is 6.46. The van der Waals surface area contributed by atoms with E-state index in [9.17, 15) is 13.2 Å². The Morgan fingerprint density at radius 3 is 2.33 bits per heavy atom. The summed E-state index contributed by atoms with van der Waals surface area (Å²) in [4.78, 5) is 15.2. The first-order valence-corrected chi connectivity index (χ1v) is 7.71. The zero-order valence-corrected chi connectivity index (χ0v) is 11.1. The number of thiazole rings is 1. The lowest BCUT2D eigenvalue weighted by atomic mass is 10.2. The first-order valence-electron chi connectivity index (χ1n) is 4.94. The number of rotatable bonds is 3. The van der Waals surface area contributed by atoms with Crippen molar-refractivity contribution in [2.75, 3.05) is 6.26 Å². The van der Waals surface area contributed by atoms with Crippen molar-refractivity contribution in [1.29, 1.82) is 0 Å². The SMILES string of the molecule is CS(=O)(=O)c1ccc(-c2csc(C(N)=O)n2)cc1. The quantitative estimate of drug-likeness (QED) is 0.919. The third kappa shape index (κ3) is 2.57. The van der Waals surface area contributed by atoms with Gasteiger partial charge in [-0.25, -0.2) is 13.4 Å². The van der Waals surface area contributed by atoms with Crippen LogP contribution in [0.25, 0.3) is 11.3 Å². The number of benzene rings is 1. The van der Waals surface area contributed by atoms with Crippen molar-refractivity contribution in [1.82, 2.24) is 4.98 Å². The standard InChI is InChI=1S/C11H10N2O3S2/c1-18(15,16)8-4-2-7(3-5-8)9-6-17-11(13-9)10(12)14/h2-6H,1H3,(H2,12,14). The van der Waals surface area contributed by atoms with E-state index in [1.807, 2.05) is 0 Å². The molecule has 5 nitrogen and oxygen atoms in total. The lowest BCUT2D eigenvalue weighted by molar-refractivity contribution is 0.1000. The number of carbonyl (C=O) groups is 1. The van der Waals surface area contributed by atoms with Gasteiger partial charge in [0.2, 0.25) is 0 Å². The van der Waals surface area contributed by atoms with Gasteiger partial charge in [-0.15, -0.1) is 11.3 Å². The maximum Gasteiger partial charge on any atom is 0.277 e. The second-order valence-electron chi connectivity index (χ2n) is 3.70. The van der Waals surface area contributed by atoms with Crippen LogP contribution in [0, 0.1) is 0 Å². The molecule has 2 N–H and O–H groups in total. The Kier molecular flexibility index (Phi) is 3.18. The molecule has 1 heterocycles. The van der Waals surface area contributed by atoms with Crippen molar-refractivity contribution in [3.63, 3.8) is 0 Å². The van der Waals surface area contributed by atoms with E-state index in [-0.39, 0.29) is 9.90 Å². The Balaban J connectivity index is 2.37. The fourth-order valence-corrected chi connectivity index (χ4v) is 2.70. The minimum absolute atomic E-state index is 0.234. The Morgan fingerprint density at radius 1 is 1.28 bits per heavy atom. The zero-order valence-electron chi connectivity index (χ0n) is 9.45. The van der Waals surface area contributed by atoms with Gasteiger partial charge in [-0.3, -0.25) is 4.79 Å². The van der Waals surface area contributed by atoms with Gasteiger partial charge in [0.25, 0.3) is 5.91 Å². The lowest BCUT2D eigenvalue weighted by Gasteiger charge is -1.99. The average Bonchev–Trinajstić information content (AvgIpc) is 2.77. The van der Waals surface area contributed by atoms with Crippen molar-refractivity contribution in [2.45, 2.75) is 4.90 Å². The van der Waals surface area contributed by atoms with Gasteiger partial charge >= 0.3 is 0 Å². The van der Waals surface area contributed by atoms with E-state index in [0.717, 1.165) is 23.2 Å². The van der Waals surface area contributed by atoms with Crippen molar-refractivity contribution < 1.29 is 13.2 Å². The highest BCUT2D eigenvalue weighted by Crippen LogP contribution is 2.23. The van der Waals surface area contributed by atoms with E-state index in [1.54, 1.807) is 17.5 Å². The van der Waals surface area contributed by atoms with Crippen molar-refractivity contribution >= 4 is 27.1 Å². The summed E-state index contributed by atoms with van der Waals surface area (Å²) in [5.74, 6) is -0.570. The van der Waals surface area contributed by atoms with E-state index >= 15 is 0 Å². The summed E-state index contributed by atoms with van der Waals surface area (Å²) in [6.45, 7) is 0. The van der Waals surface area contributed by atoms with Crippen molar-refractivity contribution in [3.8, 4) is 11.3 Å². The molecule has 1 amide bonds. The molecule has 0 radical (unpaired) electrons. The van der Waals surface area contributed by atoms with E-state index in [2.05, 4.69) is 4.98 Å². The predicted molar refractivity (Wildman–Crippen MR) is 69.2 cm³/mol. The highest BCUT2D eigenvalue weighted by atomic mass is 32.2. The summed E-state index contributed by atoms with van der Waals surface area (Å²) in [6.07, 6.45) is 1.15. The molecule has 2 rings (SSSR count). The zero-order chi connectivity index (χ0) is 13.3. The summed E-state index contributed by atoms with van der Waals surface area (Å²) in [7, 11) is -3.20. The van der Waals surface area contributed by atoms with Crippen LogP contribution < -0.4 is 5.73 Å². The van der Waals surface area contributed by atoms with E-state index in [4.69, 9.17) is 5.73 Å². The molecular formula is C11H10N2O3S2. The van der Waals surface area contributed by atoms with Gasteiger partial charge in [0.15, 0.2) is 14.8 Å². The number of nitrogens with zero attached hydrogens (tertiary/aromatic N) is 1. The largest absolute Gasteiger partial charge is 0.364 e. The maximum atomic E-state index is 11.3. The number of carbonyl (C=O) groups excluding carboxylic acids is 1. The number of aromatic nitrogens is 1. The molecule has 0 saturated carbocycles. The molecule has 94 valence electrons. The third-order valence-corrected chi connectivity index (χ3v) is 4.28. The second-order valence-corrected chi connectivity index (χ2v) is 6.57. The highest BCUT2D eigenvalue weighted by molar-refractivity contribution is 7.90. The van der Waals surface area contributed by atoms with Crippen LogP contribution in [0.15, 0.2) is 34.5 Å². The van der Waals surface area contributed by atoms with Crippen LogP contribution in [-0.2, 0) is 9.84 Å². The first-order chi connectivity index (χ1) is 8.38. The molecule has 0 unspecified atom stereocenters. The van der Waals surface area contributed by atoms with Gasteiger partial charge in [0.1, 0.15) is 0 Å². The summed E-state index contributed by atoms with van der Waals surface area (Å²) >= 11 is 1.16. The highest BCUT2D eigenvalue weighted by Gasteiger charge is 2.10. The molecule has 1 aromatic heterocycles. The molecule has 0 aliphatic rings. The summed E-state index contributed by atoms with van der Waals surface area (Å²) < 4.78 is 22.6. The van der Waals surface area contributed by atoms with Crippen LogP contribution in [0.4, 0.5) is 0 Å². The third-order valence-electron chi connectivity index (χ3n) is 2.29. The second kappa shape index (κ2) is 4.51. The molecule has 0 atom stereocenters. The van der Waals surface area contributed by atoms with Gasteiger partial charge in [0.05, 0.1) is 10.6 Å². The molecule has 18 heavy (non-hydrogen) atoms. The minimum Gasteiger partial charge on any atom is -0.364 e. The number of amides is 1. The van der Waals surface area contributed by atoms with Crippen LogP contribution >= 0.6 is 11.3 Å². The Labute approximate surface area is 108 Å². The topological polar surface area (TPSA) is 90.1 Å². The summed E-state index contributed by atoms with van der Waals surface area (Å²) in [6, 6.07) is 6.31. The van der Waals surface area contributed by atoms with Crippen molar-refractivity contribution in [2.24, 2.45) is 5.73 Å². The fourth-order valence-electron chi connectivity index (χ4n) is 1.39. The van der Waals surface area contributed by atoms with Crippen LogP contribution in [0.2, 0.25) is 0 Å². The molecular weight excluding hydrogens is 272 g/mol. The fraction of sp³-hybridized carbons (Fsp3) is 0.0909. The number of hydrogen-bond donors (Lipinski definition) is 1.